The van der Waals surface area contributed by atoms with Crippen LogP contribution in [0.1, 0.15) is 39.5 Å². The SMILES string of the molecule is C[C@H](O)CN1CCN(CC2CCCC2)C[C@H]1C. The Morgan fingerprint density at radius 1 is 1.24 bits per heavy atom. The predicted molar refractivity (Wildman–Crippen MR) is 71.1 cm³/mol. The van der Waals surface area contributed by atoms with Crippen molar-refractivity contribution in [1.82, 2.24) is 9.80 Å². The predicted octanol–water partition coefficient (Wildman–Crippen LogP) is 1.56. The molecule has 2 fully saturated rings. The van der Waals surface area contributed by atoms with Crippen molar-refractivity contribution in [2.24, 2.45) is 5.92 Å². The molecule has 0 unspecified atom stereocenters. The number of hydrogen-bond donors (Lipinski definition) is 1. The van der Waals surface area contributed by atoms with Crippen molar-refractivity contribution in [3.63, 3.8) is 0 Å². The van der Waals surface area contributed by atoms with Crippen LogP contribution in [-0.4, -0.2) is 59.8 Å². The maximum atomic E-state index is 9.46. The molecule has 100 valence electrons. The minimum Gasteiger partial charge on any atom is -0.392 e. The van der Waals surface area contributed by atoms with Gasteiger partial charge in [-0.3, -0.25) is 4.90 Å². The fourth-order valence-corrected chi connectivity index (χ4v) is 3.41. The van der Waals surface area contributed by atoms with Gasteiger partial charge in [-0.25, -0.2) is 0 Å². The summed E-state index contributed by atoms with van der Waals surface area (Å²) in [5.74, 6) is 0.963. The van der Waals surface area contributed by atoms with Gasteiger partial charge in [-0.2, -0.15) is 0 Å². The molecule has 0 aromatic heterocycles. The summed E-state index contributed by atoms with van der Waals surface area (Å²) in [5, 5.41) is 9.46. The molecule has 1 heterocycles. The van der Waals surface area contributed by atoms with Crippen LogP contribution in [0.4, 0.5) is 0 Å². The molecule has 1 N–H and O–H groups in total. The first kappa shape index (κ1) is 13.3. The Morgan fingerprint density at radius 2 is 1.94 bits per heavy atom. The molecule has 1 saturated heterocycles. The Bertz CT molecular complexity index is 226. The monoisotopic (exact) mass is 240 g/mol. The third kappa shape index (κ3) is 3.94. The third-order valence-corrected chi connectivity index (χ3v) is 4.34. The maximum absolute atomic E-state index is 9.46. The van der Waals surface area contributed by atoms with Gasteiger partial charge < -0.3 is 10.0 Å². The standard InChI is InChI=1S/C14H28N2O/c1-12-9-15(11-14-5-3-4-6-14)7-8-16(12)10-13(2)17/h12-14,17H,3-11H2,1-2H3/t12-,13+/m1/s1. The molecule has 1 saturated carbocycles. The summed E-state index contributed by atoms with van der Waals surface area (Å²) in [6, 6.07) is 0.597. The second kappa shape index (κ2) is 6.17. The van der Waals surface area contributed by atoms with Crippen LogP contribution >= 0.6 is 0 Å². The smallest absolute Gasteiger partial charge is 0.0639 e. The third-order valence-electron chi connectivity index (χ3n) is 4.34. The Labute approximate surface area is 106 Å². The zero-order chi connectivity index (χ0) is 12.3. The topological polar surface area (TPSA) is 26.7 Å². The first-order chi connectivity index (χ1) is 8.15. The fourth-order valence-electron chi connectivity index (χ4n) is 3.41. The first-order valence-electron chi connectivity index (χ1n) is 7.29. The van der Waals surface area contributed by atoms with Crippen LogP contribution in [0.5, 0.6) is 0 Å². The number of nitrogens with zero attached hydrogens (tertiary/aromatic N) is 2. The Morgan fingerprint density at radius 3 is 2.53 bits per heavy atom. The van der Waals surface area contributed by atoms with Gasteiger partial charge in [-0.1, -0.05) is 12.8 Å². The summed E-state index contributed by atoms with van der Waals surface area (Å²) < 4.78 is 0. The molecule has 17 heavy (non-hydrogen) atoms. The van der Waals surface area contributed by atoms with Crippen molar-refractivity contribution >= 4 is 0 Å². The van der Waals surface area contributed by atoms with Crippen LogP contribution in [0.25, 0.3) is 0 Å². The molecule has 0 aromatic rings. The zero-order valence-electron chi connectivity index (χ0n) is 11.4. The molecule has 3 nitrogen and oxygen atoms in total. The molecule has 2 atom stereocenters. The quantitative estimate of drug-likeness (QED) is 0.808. The van der Waals surface area contributed by atoms with Gasteiger partial charge in [0.2, 0.25) is 0 Å². The second-order valence-corrected chi connectivity index (χ2v) is 6.10. The van der Waals surface area contributed by atoms with Crippen LogP contribution < -0.4 is 0 Å². The van der Waals surface area contributed by atoms with E-state index < -0.39 is 0 Å². The van der Waals surface area contributed by atoms with Crippen LogP contribution in [-0.2, 0) is 0 Å². The van der Waals surface area contributed by atoms with E-state index in [9.17, 15) is 5.11 Å². The Kier molecular flexibility index (Phi) is 4.83. The van der Waals surface area contributed by atoms with Gasteiger partial charge in [0, 0.05) is 38.8 Å². The molecule has 0 bridgehead atoms. The number of hydrogen-bond acceptors (Lipinski definition) is 3. The molecule has 2 rings (SSSR count). The van der Waals surface area contributed by atoms with E-state index in [2.05, 4.69) is 16.7 Å². The lowest BCUT2D eigenvalue weighted by molar-refractivity contribution is 0.0396. The van der Waals surface area contributed by atoms with Gasteiger partial charge in [0.15, 0.2) is 0 Å². The first-order valence-corrected chi connectivity index (χ1v) is 7.29. The minimum atomic E-state index is -0.196. The van der Waals surface area contributed by atoms with E-state index in [1.807, 2.05) is 6.92 Å². The van der Waals surface area contributed by atoms with Crippen LogP contribution in [0.3, 0.4) is 0 Å². The van der Waals surface area contributed by atoms with Gasteiger partial charge in [-0.15, -0.1) is 0 Å². The molecule has 1 aliphatic heterocycles. The van der Waals surface area contributed by atoms with Gasteiger partial charge >= 0.3 is 0 Å². The lowest BCUT2D eigenvalue weighted by Crippen LogP contribution is -2.54. The average Bonchev–Trinajstić information content (AvgIpc) is 2.74. The highest BCUT2D eigenvalue weighted by Crippen LogP contribution is 2.26. The number of aliphatic hydroxyl groups is 1. The molecular formula is C14H28N2O. The van der Waals surface area contributed by atoms with Crippen molar-refractivity contribution < 1.29 is 5.11 Å². The van der Waals surface area contributed by atoms with Crippen LogP contribution in [0, 0.1) is 5.92 Å². The van der Waals surface area contributed by atoms with E-state index in [4.69, 9.17) is 0 Å². The highest BCUT2D eigenvalue weighted by molar-refractivity contribution is 4.82. The van der Waals surface area contributed by atoms with Gasteiger partial charge in [0.1, 0.15) is 0 Å². The summed E-state index contributed by atoms with van der Waals surface area (Å²) in [6.07, 6.45) is 5.59. The van der Waals surface area contributed by atoms with Crippen molar-refractivity contribution in [3.8, 4) is 0 Å². The van der Waals surface area contributed by atoms with Crippen LogP contribution in [0.15, 0.2) is 0 Å². The summed E-state index contributed by atoms with van der Waals surface area (Å²) >= 11 is 0. The minimum absolute atomic E-state index is 0.196. The summed E-state index contributed by atoms with van der Waals surface area (Å²) in [4.78, 5) is 5.06. The van der Waals surface area contributed by atoms with Gasteiger partial charge in [0.25, 0.3) is 0 Å². The molecular weight excluding hydrogens is 212 g/mol. The highest BCUT2D eigenvalue weighted by Gasteiger charge is 2.26. The van der Waals surface area contributed by atoms with E-state index in [0.29, 0.717) is 6.04 Å². The lowest BCUT2D eigenvalue weighted by Gasteiger charge is -2.41. The number of rotatable bonds is 4. The Balaban J connectivity index is 1.74. The lowest BCUT2D eigenvalue weighted by atomic mass is 10.1. The Hall–Kier alpha value is -0.120. The van der Waals surface area contributed by atoms with E-state index in [1.165, 1.54) is 45.3 Å². The average molecular weight is 240 g/mol. The summed E-state index contributed by atoms with van der Waals surface area (Å²) in [6.45, 7) is 9.82. The van der Waals surface area contributed by atoms with Crippen molar-refractivity contribution in [2.75, 3.05) is 32.7 Å². The van der Waals surface area contributed by atoms with E-state index in [0.717, 1.165) is 19.0 Å². The molecule has 1 aliphatic carbocycles. The van der Waals surface area contributed by atoms with Crippen molar-refractivity contribution in [3.05, 3.63) is 0 Å². The molecule has 3 heteroatoms. The summed E-state index contributed by atoms with van der Waals surface area (Å²) in [7, 11) is 0. The largest absolute Gasteiger partial charge is 0.392 e. The van der Waals surface area contributed by atoms with E-state index in [-0.39, 0.29) is 6.10 Å². The van der Waals surface area contributed by atoms with E-state index in [1.54, 1.807) is 0 Å². The molecule has 2 aliphatic rings. The van der Waals surface area contributed by atoms with Crippen molar-refractivity contribution in [2.45, 2.75) is 51.7 Å². The molecule has 0 amide bonds. The van der Waals surface area contributed by atoms with Crippen LogP contribution in [0.2, 0.25) is 0 Å². The molecule has 0 aromatic carbocycles. The molecule has 0 radical (unpaired) electrons. The number of piperazine rings is 1. The zero-order valence-corrected chi connectivity index (χ0v) is 11.4. The number of β-amino-alcohol motifs (C(OH)–C–C–N with tert-alkyl or cyclic N) is 1. The van der Waals surface area contributed by atoms with Gasteiger partial charge in [-0.05, 0) is 32.6 Å². The maximum Gasteiger partial charge on any atom is 0.0639 e. The van der Waals surface area contributed by atoms with E-state index >= 15 is 0 Å². The highest BCUT2D eigenvalue weighted by atomic mass is 16.3. The molecule has 0 spiro atoms. The fraction of sp³-hybridized carbons (Fsp3) is 1.00. The number of aliphatic hydroxyl groups excluding tert-OH is 1. The van der Waals surface area contributed by atoms with Crippen molar-refractivity contribution in [1.29, 1.82) is 0 Å². The second-order valence-electron chi connectivity index (χ2n) is 6.10. The normalized spacial score (nSPS) is 30.9. The van der Waals surface area contributed by atoms with Gasteiger partial charge in [0.05, 0.1) is 6.10 Å². The summed E-state index contributed by atoms with van der Waals surface area (Å²) in [5.41, 5.74) is 0.